The molecule has 41 heavy (non-hydrogen) atoms. The lowest BCUT2D eigenvalue weighted by molar-refractivity contribution is 0.0540. The third kappa shape index (κ3) is 5.87. The van der Waals surface area contributed by atoms with Crippen LogP contribution >= 0.6 is 0 Å². The molecule has 2 aromatic carbocycles. The zero-order chi connectivity index (χ0) is 30.3. The van der Waals surface area contributed by atoms with E-state index in [4.69, 9.17) is 9.16 Å². The maximum atomic E-state index is 13.8. The van der Waals surface area contributed by atoms with Crippen molar-refractivity contribution in [2.75, 3.05) is 0 Å². The Morgan fingerprint density at radius 2 is 1.41 bits per heavy atom. The van der Waals surface area contributed by atoms with Crippen molar-refractivity contribution in [1.29, 1.82) is 0 Å². The molecule has 222 valence electrons. The lowest BCUT2D eigenvalue weighted by Crippen LogP contribution is -2.48. The van der Waals surface area contributed by atoms with Gasteiger partial charge in [-0.2, -0.15) is 0 Å². The maximum Gasteiger partial charge on any atom is 0.419 e. The number of allylic oxidation sites excluding steroid dienone is 2. The van der Waals surface area contributed by atoms with Crippen molar-refractivity contribution in [3.63, 3.8) is 0 Å². The highest BCUT2D eigenvalue weighted by Gasteiger charge is 2.48. The SMILES string of the molecule is CC(C)[Si](OC1=CC([Si](C)(C)c2ccccc2)c2c(n(C(=O)OC(C)(C)C)c3ccccc23)CC1)(C(C)C)C(C)C. The molecule has 0 aliphatic heterocycles. The summed E-state index contributed by atoms with van der Waals surface area (Å²) in [6.45, 7) is 24.8. The van der Waals surface area contributed by atoms with Gasteiger partial charge in [0.05, 0.1) is 19.3 Å². The predicted octanol–water partition coefficient (Wildman–Crippen LogP) is 9.69. The molecule has 0 spiro atoms. The summed E-state index contributed by atoms with van der Waals surface area (Å²) in [5.41, 5.74) is 4.31. The van der Waals surface area contributed by atoms with Crippen LogP contribution in [-0.2, 0) is 15.6 Å². The Morgan fingerprint density at radius 1 is 0.854 bits per heavy atom. The topological polar surface area (TPSA) is 40.5 Å². The summed E-state index contributed by atoms with van der Waals surface area (Å²) in [4.78, 5) is 13.8. The zero-order valence-corrected chi connectivity index (χ0v) is 29.2. The highest BCUT2D eigenvalue weighted by Crippen LogP contribution is 2.47. The van der Waals surface area contributed by atoms with Gasteiger partial charge in [-0.15, -0.1) is 0 Å². The number of nitrogens with zero attached hydrogens (tertiary/aromatic N) is 1. The summed E-state index contributed by atoms with van der Waals surface area (Å²) in [6, 6.07) is 19.3. The van der Waals surface area contributed by atoms with Crippen LogP contribution in [0.3, 0.4) is 0 Å². The molecule has 1 heterocycles. The molecule has 0 amide bonds. The van der Waals surface area contributed by atoms with Gasteiger partial charge in [-0.05, 0) is 61.5 Å². The Labute approximate surface area is 250 Å². The van der Waals surface area contributed by atoms with Gasteiger partial charge in [0, 0.05) is 23.0 Å². The summed E-state index contributed by atoms with van der Waals surface area (Å²) in [5.74, 6) is 1.12. The minimum absolute atomic E-state index is 0.143. The number of carbonyl (C=O) groups excluding carboxylic acids is 1. The number of aromatic nitrogens is 1. The molecule has 1 aliphatic carbocycles. The molecule has 1 aliphatic rings. The first-order valence-electron chi connectivity index (χ1n) is 15.4. The lowest BCUT2D eigenvalue weighted by atomic mass is 10.1. The van der Waals surface area contributed by atoms with Crippen LogP contribution in [0.15, 0.2) is 66.4 Å². The number of fused-ring (bicyclic) bond motifs is 3. The van der Waals surface area contributed by atoms with E-state index in [1.54, 1.807) is 0 Å². The Morgan fingerprint density at radius 3 is 1.98 bits per heavy atom. The molecule has 1 atom stereocenters. The minimum Gasteiger partial charge on any atom is -0.546 e. The summed E-state index contributed by atoms with van der Waals surface area (Å²) in [5, 5.41) is 2.55. The van der Waals surface area contributed by atoms with Gasteiger partial charge < -0.3 is 9.16 Å². The van der Waals surface area contributed by atoms with Gasteiger partial charge >= 0.3 is 6.09 Å². The standard InChI is InChI=1S/C35H51NO3Si2/c1-24(2)41(25(3)4,26(5)6)39-27-21-22-31-33(32(23-27)40(10,11)28-17-13-12-14-18-28)29-19-15-16-20-30(29)36(31)34(37)38-35(7,8)9/h12-20,23-26,32H,21-22H2,1-11H3. The summed E-state index contributed by atoms with van der Waals surface area (Å²) in [7, 11) is -4.31. The van der Waals surface area contributed by atoms with E-state index >= 15 is 0 Å². The number of para-hydroxylation sites is 1. The van der Waals surface area contributed by atoms with E-state index in [2.05, 4.69) is 109 Å². The first-order chi connectivity index (χ1) is 19.1. The van der Waals surface area contributed by atoms with Gasteiger partial charge in [0.1, 0.15) is 5.60 Å². The van der Waals surface area contributed by atoms with Crippen molar-refractivity contribution in [2.45, 2.75) is 116 Å². The van der Waals surface area contributed by atoms with Gasteiger partial charge in [0.25, 0.3) is 8.32 Å². The van der Waals surface area contributed by atoms with E-state index in [-0.39, 0.29) is 11.6 Å². The second-order valence-electron chi connectivity index (χ2n) is 14.3. The van der Waals surface area contributed by atoms with Crippen molar-refractivity contribution >= 4 is 38.6 Å². The Hall–Kier alpha value is -2.58. The number of hydrogen-bond acceptors (Lipinski definition) is 3. The van der Waals surface area contributed by atoms with Crippen molar-refractivity contribution in [3.05, 3.63) is 77.7 Å². The number of rotatable bonds is 7. The predicted molar refractivity (Wildman–Crippen MR) is 178 cm³/mol. The van der Waals surface area contributed by atoms with Crippen LogP contribution < -0.4 is 5.19 Å². The van der Waals surface area contributed by atoms with E-state index in [0.717, 1.165) is 35.2 Å². The fourth-order valence-corrected chi connectivity index (χ4v) is 15.7. The molecule has 0 saturated carbocycles. The van der Waals surface area contributed by atoms with Crippen molar-refractivity contribution in [1.82, 2.24) is 4.57 Å². The molecule has 0 radical (unpaired) electrons. The average molecular weight is 590 g/mol. The third-order valence-electron chi connectivity index (χ3n) is 9.17. The fourth-order valence-electron chi connectivity index (χ4n) is 7.30. The summed E-state index contributed by atoms with van der Waals surface area (Å²) < 4.78 is 15.3. The van der Waals surface area contributed by atoms with E-state index in [1.165, 1.54) is 10.8 Å². The van der Waals surface area contributed by atoms with E-state index < -0.39 is 22.0 Å². The van der Waals surface area contributed by atoms with Crippen LogP contribution in [0, 0.1) is 0 Å². The highest BCUT2D eigenvalue weighted by molar-refractivity contribution is 6.91. The minimum atomic E-state index is -2.16. The van der Waals surface area contributed by atoms with Crippen LogP contribution in [0.1, 0.15) is 85.5 Å². The zero-order valence-electron chi connectivity index (χ0n) is 27.2. The smallest absolute Gasteiger partial charge is 0.419 e. The molecule has 4 nitrogen and oxygen atoms in total. The van der Waals surface area contributed by atoms with Crippen molar-refractivity contribution in [3.8, 4) is 0 Å². The molecule has 0 fully saturated rings. The van der Waals surface area contributed by atoms with Crippen LogP contribution in [0.4, 0.5) is 4.79 Å². The van der Waals surface area contributed by atoms with E-state index in [0.29, 0.717) is 16.6 Å². The van der Waals surface area contributed by atoms with E-state index in [9.17, 15) is 4.79 Å². The third-order valence-corrected chi connectivity index (χ3v) is 19.0. The maximum absolute atomic E-state index is 13.8. The van der Waals surface area contributed by atoms with Crippen molar-refractivity contribution < 1.29 is 14.0 Å². The van der Waals surface area contributed by atoms with Gasteiger partial charge in [-0.3, -0.25) is 0 Å². The number of ether oxygens (including phenoxy) is 1. The van der Waals surface area contributed by atoms with Crippen LogP contribution in [0.2, 0.25) is 29.7 Å². The largest absolute Gasteiger partial charge is 0.546 e. The lowest BCUT2D eigenvalue weighted by Gasteiger charge is -2.43. The fraction of sp³-hybridized carbons (Fsp3) is 0.514. The molecule has 0 N–H and O–H groups in total. The summed E-state index contributed by atoms with van der Waals surface area (Å²) in [6.07, 6.45) is 3.70. The first kappa shape index (κ1) is 31.4. The van der Waals surface area contributed by atoms with Crippen LogP contribution in [0.25, 0.3) is 10.9 Å². The number of carbonyl (C=O) groups is 1. The molecule has 1 unspecified atom stereocenters. The van der Waals surface area contributed by atoms with Gasteiger partial charge in [0.15, 0.2) is 0 Å². The first-order valence-corrected chi connectivity index (χ1v) is 20.6. The average Bonchev–Trinajstić information content (AvgIpc) is 3.08. The Balaban J connectivity index is 1.99. The molecule has 6 heteroatoms. The Bertz CT molecular complexity index is 1390. The van der Waals surface area contributed by atoms with Gasteiger partial charge in [0.2, 0.25) is 0 Å². The number of benzene rings is 2. The van der Waals surface area contributed by atoms with Crippen LogP contribution in [0.5, 0.6) is 0 Å². The second kappa shape index (κ2) is 11.6. The Kier molecular flexibility index (Phi) is 8.87. The second-order valence-corrected chi connectivity index (χ2v) is 24.3. The summed E-state index contributed by atoms with van der Waals surface area (Å²) >= 11 is 0. The van der Waals surface area contributed by atoms with Crippen LogP contribution in [-0.4, -0.2) is 32.7 Å². The molecule has 1 aromatic heterocycles. The molecule has 0 bridgehead atoms. The normalized spacial score (nSPS) is 16.6. The number of hydrogen-bond donors (Lipinski definition) is 0. The molecule has 0 saturated heterocycles. The molecular weight excluding hydrogens is 539 g/mol. The van der Waals surface area contributed by atoms with E-state index in [1.807, 2.05) is 31.4 Å². The highest BCUT2D eigenvalue weighted by atomic mass is 28.4. The van der Waals surface area contributed by atoms with Gasteiger partial charge in [-0.1, -0.05) is 108 Å². The van der Waals surface area contributed by atoms with Gasteiger partial charge in [-0.25, -0.2) is 9.36 Å². The molecule has 3 aromatic rings. The van der Waals surface area contributed by atoms with Crippen molar-refractivity contribution in [2.24, 2.45) is 0 Å². The monoisotopic (exact) mass is 589 g/mol. The molecular formula is C35H51NO3Si2. The quantitative estimate of drug-likeness (QED) is 0.258. The molecule has 4 rings (SSSR count).